The molecule has 0 spiro atoms. The van der Waals surface area contributed by atoms with Crippen LogP contribution in [0.3, 0.4) is 0 Å². The third-order valence-electron chi connectivity index (χ3n) is 3.73. The third-order valence-corrected chi connectivity index (χ3v) is 3.73. The van der Waals surface area contributed by atoms with E-state index in [1.54, 1.807) is 0 Å². The summed E-state index contributed by atoms with van der Waals surface area (Å²) in [5, 5.41) is 5.88. The molecule has 0 radical (unpaired) electrons. The number of nitrogens with zero attached hydrogens (tertiary/aromatic N) is 1. The number of rotatable bonds is 14. The standard InChI is InChI=1S/C20H37N3O2/c1-5-7-9-11-13-15-19(24)21-17-23(3,4)18-22-20(25)16-14-12-10-8-6-2/h9-12H,5-8,13-18H2,1-4H3,(H-,21,22,24,25)/p+1/b11-9+,12-10+. The van der Waals surface area contributed by atoms with Crippen LogP contribution in [-0.4, -0.2) is 43.7 Å². The van der Waals surface area contributed by atoms with Crippen molar-refractivity contribution in [2.24, 2.45) is 0 Å². The maximum Gasteiger partial charge on any atom is 0.224 e. The topological polar surface area (TPSA) is 58.2 Å². The van der Waals surface area contributed by atoms with Crippen LogP contribution in [0.5, 0.6) is 0 Å². The predicted octanol–water partition coefficient (Wildman–Crippen LogP) is 3.48. The van der Waals surface area contributed by atoms with Gasteiger partial charge in [-0.1, -0.05) is 51.0 Å². The van der Waals surface area contributed by atoms with Crippen LogP contribution in [0.2, 0.25) is 0 Å². The highest BCUT2D eigenvalue weighted by molar-refractivity contribution is 5.76. The van der Waals surface area contributed by atoms with Gasteiger partial charge in [0.2, 0.25) is 11.8 Å². The minimum atomic E-state index is 0.0553. The summed E-state index contributed by atoms with van der Waals surface area (Å²) in [5.41, 5.74) is 0. The maximum absolute atomic E-state index is 11.8. The van der Waals surface area contributed by atoms with Gasteiger partial charge in [-0.25, -0.2) is 0 Å². The monoisotopic (exact) mass is 352 g/mol. The number of allylic oxidation sites excluding steroid dienone is 4. The Balaban J connectivity index is 3.88. The fraction of sp³-hybridized carbons (Fsp3) is 0.700. The number of hydrogen-bond donors (Lipinski definition) is 2. The molecule has 5 nitrogen and oxygen atoms in total. The van der Waals surface area contributed by atoms with E-state index in [9.17, 15) is 9.59 Å². The van der Waals surface area contributed by atoms with Crippen molar-refractivity contribution in [3.05, 3.63) is 24.3 Å². The molecule has 0 heterocycles. The summed E-state index contributed by atoms with van der Waals surface area (Å²) in [6, 6.07) is 0. The summed E-state index contributed by atoms with van der Waals surface area (Å²) in [5.74, 6) is 0.111. The summed E-state index contributed by atoms with van der Waals surface area (Å²) in [6.07, 6.45) is 15.4. The van der Waals surface area contributed by atoms with Gasteiger partial charge in [-0.15, -0.1) is 0 Å². The average Bonchev–Trinajstić information content (AvgIpc) is 2.58. The van der Waals surface area contributed by atoms with E-state index in [0.717, 1.165) is 38.5 Å². The molecule has 0 unspecified atom stereocenters. The lowest BCUT2D eigenvalue weighted by Gasteiger charge is -2.29. The van der Waals surface area contributed by atoms with Gasteiger partial charge in [0.25, 0.3) is 0 Å². The van der Waals surface area contributed by atoms with Crippen molar-refractivity contribution in [2.75, 3.05) is 27.4 Å². The molecule has 0 saturated carbocycles. The van der Waals surface area contributed by atoms with E-state index in [1.807, 2.05) is 14.1 Å². The molecule has 0 aliphatic rings. The van der Waals surface area contributed by atoms with E-state index in [4.69, 9.17) is 0 Å². The fourth-order valence-electron chi connectivity index (χ4n) is 2.07. The van der Waals surface area contributed by atoms with Gasteiger partial charge < -0.3 is 10.6 Å². The van der Waals surface area contributed by atoms with Crippen LogP contribution in [0.4, 0.5) is 0 Å². The minimum absolute atomic E-state index is 0.0553. The van der Waals surface area contributed by atoms with E-state index in [-0.39, 0.29) is 11.8 Å². The van der Waals surface area contributed by atoms with Crippen molar-refractivity contribution < 1.29 is 14.1 Å². The van der Waals surface area contributed by atoms with E-state index in [2.05, 4.69) is 48.8 Å². The van der Waals surface area contributed by atoms with E-state index >= 15 is 0 Å². The van der Waals surface area contributed by atoms with E-state index in [0.29, 0.717) is 30.7 Å². The number of amides is 2. The molecule has 5 heteroatoms. The van der Waals surface area contributed by atoms with Crippen LogP contribution in [0.15, 0.2) is 24.3 Å². The molecular weight excluding hydrogens is 314 g/mol. The van der Waals surface area contributed by atoms with E-state index < -0.39 is 0 Å². The molecule has 0 aromatic carbocycles. The zero-order valence-electron chi connectivity index (χ0n) is 16.6. The third kappa shape index (κ3) is 15.6. The average molecular weight is 353 g/mol. The number of nitrogens with one attached hydrogen (secondary N) is 2. The Kier molecular flexibility index (Phi) is 13.7. The van der Waals surface area contributed by atoms with Crippen molar-refractivity contribution in [1.29, 1.82) is 0 Å². The Morgan fingerprint density at radius 1 is 0.720 bits per heavy atom. The zero-order valence-corrected chi connectivity index (χ0v) is 16.6. The van der Waals surface area contributed by atoms with Crippen molar-refractivity contribution in [3.63, 3.8) is 0 Å². The van der Waals surface area contributed by atoms with Crippen molar-refractivity contribution in [2.45, 2.75) is 65.2 Å². The molecule has 144 valence electrons. The van der Waals surface area contributed by atoms with Gasteiger partial charge in [-0.3, -0.25) is 14.1 Å². The number of unbranched alkanes of at least 4 members (excludes halogenated alkanes) is 2. The lowest BCUT2D eigenvalue weighted by Crippen LogP contribution is -2.53. The van der Waals surface area contributed by atoms with Gasteiger partial charge in [0.05, 0.1) is 14.1 Å². The maximum atomic E-state index is 11.8. The molecule has 2 N–H and O–H groups in total. The van der Waals surface area contributed by atoms with Gasteiger partial charge in [0.1, 0.15) is 0 Å². The normalized spacial score (nSPS) is 12.0. The van der Waals surface area contributed by atoms with E-state index in [1.165, 1.54) is 0 Å². The minimum Gasteiger partial charge on any atom is -0.309 e. The van der Waals surface area contributed by atoms with Crippen LogP contribution in [0.25, 0.3) is 0 Å². The van der Waals surface area contributed by atoms with Crippen molar-refractivity contribution in [3.8, 4) is 0 Å². The number of quaternary nitrogens is 1. The summed E-state index contributed by atoms with van der Waals surface area (Å²) < 4.78 is 0.523. The number of hydrogen-bond acceptors (Lipinski definition) is 2. The molecule has 2 amide bonds. The predicted molar refractivity (Wildman–Crippen MR) is 105 cm³/mol. The molecule has 25 heavy (non-hydrogen) atoms. The Hall–Kier alpha value is -1.62. The molecule has 0 saturated heterocycles. The van der Waals surface area contributed by atoms with Gasteiger partial charge in [-0.05, 0) is 25.7 Å². The molecular formula is C20H38N3O2+. The quantitative estimate of drug-likeness (QED) is 0.286. The van der Waals surface area contributed by atoms with Crippen LogP contribution in [0.1, 0.15) is 65.2 Å². The Bertz CT molecular complexity index is 391. The highest BCUT2D eigenvalue weighted by Gasteiger charge is 2.16. The summed E-state index contributed by atoms with van der Waals surface area (Å²) in [4.78, 5) is 23.7. The summed E-state index contributed by atoms with van der Waals surface area (Å²) in [6.45, 7) is 5.29. The highest BCUT2D eigenvalue weighted by atomic mass is 16.2. The Morgan fingerprint density at radius 3 is 1.44 bits per heavy atom. The number of carbonyl (C=O) groups excluding carboxylic acids is 2. The highest BCUT2D eigenvalue weighted by Crippen LogP contribution is 1.98. The molecule has 0 fully saturated rings. The molecule has 0 aromatic heterocycles. The molecule has 0 rings (SSSR count). The smallest absolute Gasteiger partial charge is 0.224 e. The first-order valence-electron chi connectivity index (χ1n) is 9.56. The molecule has 0 aliphatic carbocycles. The second-order valence-corrected chi connectivity index (χ2v) is 7.05. The first-order valence-corrected chi connectivity index (χ1v) is 9.56. The Labute approximate surface area is 154 Å². The first kappa shape index (κ1) is 23.4. The Morgan fingerprint density at radius 2 is 1.08 bits per heavy atom. The van der Waals surface area contributed by atoms with Gasteiger partial charge >= 0.3 is 0 Å². The number of carbonyl (C=O) groups is 2. The lowest BCUT2D eigenvalue weighted by atomic mass is 10.2. The van der Waals surface area contributed by atoms with Crippen LogP contribution in [0, 0.1) is 0 Å². The largest absolute Gasteiger partial charge is 0.309 e. The van der Waals surface area contributed by atoms with Crippen LogP contribution in [-0.2, 0) is 9.59 Å². The van der Waals surface area contributed by atoms with Crippen molar-refractivity contribution in [1.82, 2.24) is 10.6 Å². The molecule has 0 atom stereocenters. The molecule has 0 aliphatic heterocycles. The van der Waals surface area contributed by atoms with Gasteiger partial charge in [-0.2, -0.15) is 0 Å². The van der Waals surface area contributed by atoms with Crippen LogP contribution < -0.4 is 10.6 Å². The summed E-state index contributed by atoms with van der Waals surface area (Å²) >= 11 is 0. The lowest BCUT2D eigenvalue weighted by molar-refractivity contribution is -0.893. The van der Waals surface area contributed by atoms with Gasteiger partial charge in [0.15, 0.2) is 13.3 Å². The summed E-state index contributed by atoms with van der Waals surface area (Å²) in [7, 11) is 3.98. The van der Waals surface area contributed by atoms with Gasteiger partial charge in [0, 0.05) is 12.8 Å². The molecule has 0 bridgehead atoms. The zero-order chi connectivity index (χ0) is 19.0. The second kappa shape index (κ2) is 14.7. The SMILES string of the molecule is CCC/C=C/CCC(=O)NC[N+](C)(C)CNC(=O)CC/C=C/CCC. The second-order valence-electron chi connectivity index (χ2n) is 7.05. The molecule has 0 aromatic rings. The first-order chi connectivity index (χ1) is 11.9. The van der Waals surface area contributed by atoms with Crippen LogP contribution >= 0.6 is 0 Å². The fourth-order valence-corrected chi connectivity index (χ4v) is 2.07. The van der Waals surface area contributed by atoms with Crippen molar-refractivity contribution >= 4 is 11.8 Å².